The zero-order valence-electron chi connectivity index (χ0n) is 13.6. The third-order valence-electron chi connectivity index (χ3n) is 3.81. The van der Waals surface area contributed by atoms with Gasteiger partial charge in [0.25, 0.3) is 5.56 Å². The van der Waals surface area contributed by atoms with E-state index in [0.29, 0.717) is 10.9 Å². The van der Waals surface area contributed by atoms with Crippen LogP contribution in [-0.4, -0.2) is 32.2 Å². The van der Waals surface area contributed by atoms with Crippen LogP contribution in [-0.2, 0) is 23.2 Å². The number of aryl methyl sites for hydroxylation is 1. The van der Waals surface area contributed by atoms with Gasteiger partial charge in [0.2, 0.25) is 5.91 Å². The first-order chi connectivity index (χ1) is 11.2. The highest BCUT2D eigenvalue weighted by molar-refractivity contribution is 5.84. The SMILES string of the molecule is CC(C)[C@H](NC(=O)Cn1c(=O)c2ccccc2n(C)c1=O)C(=O)O. The van der Waals surface area contributed by atoms with Gasteiger partial charge in [-0.15, -0.1) is 0 Å². The summed E-state index contributed by atoms with van der Waals surface area (Å²) in [6, 6.07) is 5.50. The number of para-hydroxylation sites is 1. The number of aromatic nitrogens is 2. The lowest BCUT2D eigenvalue weighted by Gasteiger charge is -2.18. The molecule has 2 rings (SSSR count). The molecule has 0 spiro atoms. The minimum absolute atomic E-state index is 0.311. The average Bonchev–Trinajstić information content (AvgIpc) is 2.54. The lowest BCUT2D eigenvalue weighted by molar-refractivity contribution is -0.143. The average molecular weight is 333 g/mol. The molecule has 8 nitrogen and oxygen atoms in total. The van der Waals surface area contributed by atoms with Crippen molar-refractivity contribution in [3.63, 3.8) is 0 Å². The quantitative estimate of drug-likeness (QED) is 0.795. The first-order valence-electron chi connectivity index (χ1n) is 7.44. The molecule has 0 unspecified atom stereocenters. The molecule has 1 aromatic heterocycles. The molecule has 0 fully saturated rings. The molecule has 1 aromatic carbocycles. The van der Waals surface area contributed by atoms with Crippen LogP contribution in [0.5, 0.6) is 0 Å². The molecule has 2 N–H and O–H groups in total. The van der Waals surface area contributed by atoms with Gasteiger partial charge in [0.1, 0.15) is 12.6 Å². The van der Waals surface area contributed by atoms with Crippen LogP contribution in [0.25, 0.3) is 10.9 Å². The van der Waals surface area contributed by atoms with E-state index in [9.17, 15) is 19.2 Å². The Morgan fingerprint density at radius 1 is 1.21 bits per heavy atom. The van der Waals surface area contributed by atoms with Crippen LogP contribution in [0.15, 0.2) is 33.9 Å². The number of carboxylic acid groups (broad SMARTS) is 1. The van der Waals surface area contributed by atoms with E-state index in [-0.39, 0.29) is 5.92 Å². The summed E-state index contributed by atoms with van der Waals surface area (Å²) in [5.41, 5.74) is -0.750. The zero-order chi connectivity index (χ0) is 18.0. The molecule has 0 radical (unpaired) electrons. The molecule has 1 amide bonds. The number of nitrogens with one attached hydrogen (secondary N) is 1. The molecule has 0 bridgehead atoms. The monoisotopic (exact) mass is 333 g/mol. The highest BCUT2D eigenvalue weighted by Gasteiger charge is 2.24. The van der Waals surface area contributed by atoms with Gasteiger partial charge >= 0.3 is 11.7 Å². The van der Waals surface area contributed by atoms with E-state index in [1.165, 1.54) is 11.6 Å². The van der Waals surface area contributed by atoms with E-state index >= 15 is 0 Å². The van der Waals surface area contributed by atoms with Crippen molar-refractivity contribution in [3.05, 3.63) is 45.1 Å². The third-order valence-corrected chi connectivity index (χ3v) is 3.81. The Kier molecular flexibility index (Phi) is 4.87. The molecule has 0 saturated heterocycles. The number of hydrogen-bond donors (Lipinski definition) is 2. The summed E-state index contributed by atoms with van der Waals surface area (Å²) in [5, 5.41) is 11.8. The maximum absolute atomic E-state index is 12.4. The summed E-state index contributed by atoms with van der Waals surface area (Å²) < 4.78 is 2.08. The van der Waals surface area contributed by atoms with Crippen molar-refractivity contribution < 1.29 is 14.7 Å². The predicted molar refractivity (Wildman–Crippen MR) is 87.9 cm³/mol. The van der Waals surface area contributed by atoms with Crippen LogP contribution < -0.4 is 16.6 Å². The van der Waals surface area contributed by atoms with E-state index in [1.54, 1.807) is 38.1 Å². The number of aliphatic carboxylic acids is 1. The van der Waals surface area contributed by atoms with Crippen LogP contribution >= 0.6 is 0 Å². The summed E-state index contributed by atoms with van der Waals surface area (Å²) in [6.07, 6.45) is 0. The molecule has 0 aliphatic rings. The van der Waals surface area contributed by atoms with E-state index in [1.807, 2.05) is 0 Å². The van der Waals surface area contributed by atoms with E-state index in [2.05, 4.69) is 5.32 Å². The summed E-state index contributed by atoms with van der Waals surface area (Å²) in [5.74, 6) is -2.20. The summed E-state index contributed by atoms with van der Waals surface area (Å²) in [7, 11) is 1.51. The maximum atomic E-state index is 12.4. The summed E-state index contributed by atoms with van der Waals surface area (Å²) >= 11 is 0. The van der Waals surface area contributed by atoms with Crippen LogP contribution in [0.4, 0.5) is 0 Å². The van der Waals surface area contributed by atoms with Crippen molar-refractivity contribution in [3.8, 4) is 0 Å². The first kappa shape index (κ1) is 17.5. The lowest BCUT2D eigenvalue weighted by atomic mass is 10.1. The van der Waals surface area contributed by atoms with Gasteiger partial charge in [-0.05, 0) is 18.1 Å². The summed E-state index contributed by atoms with van der Waals surface area (Å²) in [6.45, 7) is 2.77. The highest BCUT2D eigenvalue weighted by Crippen LogP contribution is 2.06. The molecule has 0 aliphatic carbocycles. The molecule has 8 heteroatoms. The minimum Gasteiger partial charge on any atom is -0.480 e. The van der Waals surface area contributed by atoms with Crippen LogP contribution in [0, 0.1) is 5.92 Å². The Hall–Kier alpha value is -2.90. The van der Waals surface area contributed by atoms with Crippen molar-refractivity contribution in [1.29, 1.82) is 0 Å². The number of carboxylic acids is 1. The molecule has 1 atom stereocenters. The van der Waals surface area contributed by atoms with Crippen molar-refractivity contribution in [2.75, 3.05) is 0 Å². The van der Waals surface area contributed by atoms with Crippen LogP contribution in [0.3, 0.4) is 0 Å². The Morgan fingerprint density at radius 3 is 2.42 bits per heavy atom. The predicted octanol–water partition coefficient (Wildman–Crippen LogP) is -0.0744. The second-order valence-corrected chi connectivity index (χ2v) is 5.88. The zero-order valence-corrected chi connectivity index (χ0v) is 13.6. The van der Waals surface area contributed by atoms with E-state index in [0.717, 1.165) is 4.57 Å². The third kappa shape index (κ3) is 3.22. The highest BCUT2D eigenvalue weighted by atomic mass is 16.4. The van der Waals surface area contributed by atoms with E-state index < -0.39 is 35.7 Å². The van der Waals surface area contributed by atoms with Gasteiger partial charge in [-0.25, -0.2) is 9.59 Å². The minimum atomic E-state index is -1.17. The van der Waals surface area contributed by atoms with Crippen molar-refractivity contribution in [2.45, 2.75) is 26.4 Å². The van der Waals surface area contributed by atoms with Gasteiger partial charge < -0.3 is 10.4 Å². The van der Waals surface area contributed by atoms with Crippen LogP contribution in [0.2, 0.25) is 0 Å². The van der Waals surface area contributed by atoms with E-state index in [4.69, 9.17) is 5.11 Å². The molecule has 2 aromatic rings. The molecule has 128 valence electrons. The fourth-order valence-corrected chi connectivity index (χ4v) is 2.48. The number of nitrogens with zero attached hydrogens (tertiary/aromatic N) is 2. The van der Waals surface area contributed by atoms with Crippen LogP contribution in [0.1, 0.15) is 13.8 Å². The van der Waals surface area contributed by atoms with Crippen molar-refractivity contribution in [2.24, 2.45) is 13.0 Å². The lowest BCUT2D eigenvalue weighted by Crippen LogP contribution is -2.48. The number of fused-ring (bicyclic) bond motifs is 1. The summed E-state index contributed by atoms with van der Waals surface area (Å²) in [4.78, 5) is 48.0. The Balaban J connectivity index is 2.40. The molecular weight excluding hydrogens is 314 g/mol. The van der Waals surface area contributed by atoms with Gasteiger partial charge in [-0.2, -0.15) is 0 Å². The fraction of sp³-hybridized carbons (Fsp3) is 0.375. The molecule has 1 heterocycles. The largest absolute Gasteiger partial charge is 0.480 e. The smallest absolute Gasteiger partial charge is 0.331 e. The maximum Gasteiger partial charge on any atom is 0.331 e. The van der Waals surface area contributed by atoms with Crippen molar-refractivity contribution >= 4 is 22.8 Å². The number of carbonyl (C=O) groups is 2. The van der Waals surface area contributed by atoms with Gasteiger partial charge in [0, 0.05) is 7.05 Å². The standard InChI is InChI=1S/C16H19N3O5/c1-9(2)13(15(22)23)17-12(20)8-19-14(21)10-6-4-5-7-11(10)18(3)16(19)24/h4-7,9,13H,8H2,1-3H3,(H,17,20)(H,22,23)/t13-/m0/s1. The van der Waals surface area contributed by atoms with Gasteiger partial charge in [0.05, 0.1) is 10.9 Å². The Morgan fingerprint density at radius 2 is 1.83 bits per heavy atom. The topological polar surface area (TPSA) is 110 Å². The molecule has 24 heavy (non-hydrogen) atoms. The normalized spacial score (nSPS) is 12.3. The molecule has 0 saturated carbocycles. The van der Waals surface area contributed by atoms with Gasteiger partial charge in [-0.1, -0.05) is 26.0 Å². The fourth-order valence-electron chi connectivity index (χ4n) is 2.48. The number of benzene rings is 1. The second kappa shape index (κ2) is 6.69. The molecular formula is C16H19N3O5. The first-order valence-corrected chi connectivity index (χ1v) is 7.44. The number of carbonyl (C=O) groups excluding carboxylic acids is 1. The number of hydrogen-bond acceptors (Lipinski definition) is 4. The van der Waals surface area contributed by atoms with Crippen molar-refractivity contribution in [1.82, 2.24) is 14.5 Å². The molecule has 0 aliphatic heterocycles. The second-order valence-electron chi connectivity index (χ2n) is 5.88. The number of rotatable bonds is 5. The van der Waals surface area contributed by atoms with Gasteiger partial charge in [0.15, 0.2) is 0 Å². The Bertz CT molecular complexity index is 910. The van der Waals surface area contributed by atoms with Gasteiger partial charge in [-0.3, -0.25) is 18.7 Å². The number of amides is 1. The Labute approximate surface area is 137 Å².